The molecule has 132 valence electrons. The normalized spacial score (nSPS) is 12.4. The van der Waals surface area contributed by atoms with E-state index in [2.05, 4.69) is 63.8 Å². The van der Waals surface area contributed by atoms with Crippen molar-refractivity contribution in [1.29, 1.82) is 0 Å². The Morgan fingerprint density at radius 2 is 2.04 bits per heavy atom. The lowest BCUT2D eigenvalue weighted by atomic mass is 10.1. The summed E-state index contributed by atoms with van der Waals surface area (Å²) in [6.45, 7) is 5.58. The predicted octanol–water partition coefficient (Wildman–Crippen LogP) is 2.51. The average molecular weight is 442 g/mol. The molecule has 1 heterocycles. The molecule has 2 aromatic rings. The van der Waals surface area contributed by atoms with Crippen LogP contribution in [-0.2, 0) is 20.0 Å². The zero-order valence-electron chi connectivity index (χ0n) is 14.6. The van der Waals surface area contributed by atoms with Crippen LogP contribution in [0.15, 0.2) is 41.7 Å². The van der Waals surface area contributed by atoms with Crippen molar-refractivity contribution in [2.45, 2.75) is 39.3 Å². The van der Waals surface area contributed by atoms with E-state index in [9.17, 15) is 0 Å². The van der Waals surface area contributed by atoms with Crippen LogP contribution in [0.1, 0.15) is 31.7 Å². The summed E-state index contributed by atoms with van der Waals surface area (Å²) in [6.07, 6.45) is 3.66. The number of aromatic nitrogens is 3. The Hall–Kier alpha value is -1.64. The molecular formula is C17H27IN6. The molecule has 0 radical (unpaired) electrons. The summed E-state index contributed by atoms with van der Waals surface area (Å²) in [4.78, 5) is 8.78. The van der Waals surface area contributed by atoms with Crippen LogP contribution < -0.4 is 10.6 Å². The van der Waals surface area contributed by atoms with E-state index in [1.807, 2.05) is 13.1 Å². The van der Waals surface area contributed by atoms with Crippen molar-refractivity contribution in [3.05, 3.63) is 48.0 Å². The minimum absolute atomic E-state index is 0. The highest BCUT2D eigenvalue weighted by molar-refractivity contribution is 14.0. The number of rotatable bonds is 7. The van der Waals surface area contributed by atoms with Crippen LogP contribution in [0, 0.1) is 0 Å². The van der Waals surface area contributed by atoms with Crippen LogP contribution in [0.25, 0.3) is 0 Å². The van der Waals surface area contributed by atoms with E-state index in [1.54, 1.807) is 11.0 Å². The van der Waals surface area contributed by atoms with E-state index >= 15 is 0 Å². The molecule has 1 aromatic heterocycles. The molecule has 0 aliphatic rings. The van der Waals surface area contributed by atoms with Gasteiger partial charge in [-0.25, -0.2) is 9.98 Å². The third kappa shape index (κ3) is 6.86. The van der Waals surface area contributed by atoms with Gasteiger partial charge in [-0.15, -0.1) is 24.0 Å². The van der Waals surface area contributed by atoms with Crippen LogP contribution >= 0.6 is 24.0 Å². The fourth-order valence-electron chi connectivity index (χ4n) is 2.27. The van der Waals surface area contributed by atoms with Crippen LogP contribution in [0.5, 0.6) is 0 Å². The zero-order chi connectivity index (χ0) is 16.5. The molecule has 0 aliphatic heterocycles. The molecule has 1 unspecified atom stereocenters. The lowest BCUT2D eigenvalue weighted by Gasteiger charge is -2.17. The van der Waals surface area contributed by atoms with Crippen molar-refractivity contribution < 1.29 is 0 Å². The predicted molar refractivity (Wildman–Crippen MR) is 109 cm³/mol. The van der Waals surface area contributed by atoms with Crippen molar-refractivity contribution in [3.63, 3.8) is 0 Å². The average Bonchev–Trinajstić information content (AvgIpc) is 2.97. The van der Waals surface area contributed by atoms with Crippen molar-refractivity contribution in [2.75, 3.05) is 6.54 Å². The van der Waals surface area contributed by atoms with E-state index in [4.69, 9.17) is 0 Å². The van der Waals surface area contributed by atoms with Gasteiger partial charge in [0.15, 0.2) is 5.96 Å². The number of nitrogens with one attached hydrogen (secondary N) is 2. The maximum atomic E-state index is 4.58. The van der Waals surface area contributed by atoms with Gasteiger partial charge in [-0.05, 0) is 32.3 Å². The van der Waals surface area contributed by atoms with Crippen molar-refractivity contribution in [3.8, 4) is 0 Å². The van der Waals surface area contributed by atoms with Crippen molar-refractivity contribution >= 4 is 29.9 Å². The van der Waals surface area contributed by atoms with Gasteiger partial charge in [0, 0.05) is 19.6 Å². The summed E-state index contributed by atoms with van der Waals surface area (Å²) in [5.41, 5.74) is 1.36. The first-order valence-electron chi connectivity index (χ1n) is 8.10. The first kappa shape index (κ1) is 20.4. The number of aryl methyl sites for hydroxylation is 2. The molecule has 0 aliphatic carbocycles. The summed E-state index contributed by atoms with van der Waals surface area (Å²) in [7, 11) is 1.88. The van der Waals surface area contributed by atoms with Crippen LogP contribution in [0.3, 0.4) is 0 Å². The number of hydrogen-bond acceptors (Lipinski definition) is 3. The lowest BCUT2D eigenvalue weighted by Crippen LogP contribution is -2.42. The molecular weight excluding hydrogens is 415 g/mol. The van der Waals surface area contributed by atoms with Gasteiger partial charge in [0.2, 0.25) is 0 Å². The fraction of sp³-hybridized carbons (Fsp3) is 0.471. The number of nitrogens with zero attached hydrogens (tertiary/aromatic N) is 4. The highest BCUT2D eigenvalue weighted by atomic mass is 127. The molecule has 24 heavy (non-hydrogen) atoms. The lowest BCUT2D eigenvalue weighted by molar-refractivity contribution is 0.592. The van der Waals surface area contributed by atoms with Crippen LogP contribution in [-0.4, -0.2) is 33.3 Å². The molecule has 0 bridgehead atoms. The van der Waals surface area contributed by atoms with Crippen LogP contribution in [0.2, 0.25) is 0 Å². The third-order valence-electron chi connectivity index (χ3n) is 3.62. The second-order valence-corrected chi connectivity index (χ2v) is 5.56. The molecule has 1 atom stereocenters. The summed E-state index contributed by atoms with van der Waals surface area (Å²) in [5, 5.41) is 10.8. The molecule has 0 amide bonds. The molecule has 0 spiro atoms. The van der Waals surface area contributed by atoms with Crippen molar-refractivity contribution in [1.82, 2.24) is 25.4 Å². The largest absolute Gasteiger partial charge is 0.357 e. The maximum absolute atomic E-state index is 4.58. The molecule has 0 fully saturated rings. The Bertz CT molecular complexity index is 611. The molecule has 0 saturated heterocycles. The minimum atomic E-state index is 0. The van der Waals surface area contributed by atoms with Gasteiger partial charge in [0.1, 0.15) is 18.7 Å². The molecule has 1 aromatic carbocycles. The Kier molecular flexibility index (Phi) is 9.36. The SMILES string of the molecule is CCNC(=NCc1ncnn1C)NC(C)CCc1ccccc1.I. The first-order valence-corrected chi connectivity index (χ1v) is 8.10. The second kappa shape index (κ2) is 11.0. The van der Waals surface area contributed by atoms with E-state index in [1.165, 1.54) is 5.56 Å². The molecule has 0 saturated carbocycles. The number of guanidine groups is 1. The summed E-state index contributed by atoms with van der Waals surface area (Å²) in [6, 6.07) is 10.9. The monoisotopic (exact) mass is 442 g/mol. The first-order chi connectivity index (χ1) is 11.2. The topological polar surface area (TPSA) is 67.1 Å². The highest BCUT2D eigenvalue weighted by Crippen LogP contribution is 2.04. The molecule has 6 nitrogen and oxygen atoms in total. The standard InChI is InChI=1S/C17H26N6.HI/c1-4-18-17(19-12-16-20-13-21-23(16)3)22-14(2)10-11-15-8-6-5-7-9-15;/h5-9,13-14H,4,10-12H2,1-3H3,(H2,18,19,22);1H. The van der Waals surface area contributed by atoms with E-state index < -0.39 is 0 Å². The van der Waals surface area contributed by atoms with Gasteiger partial charge in [-0.1, -0.05) is 30.3 Å². The molecule has 2 rings (SSSR count). The number of halogens is 1. The Morgan fingerprint density at radius 1 is 1.29 bits per heavy atom. The maximum Gasteiger partial charge on any atom is 0.191 e. The number of aliphatic imine (C=N–C) groups is 1. The zero-order valence-corrected chi connectivity index (χ0v) is 16.9. The summed E-state index contributed by atoms with van der Waals surface area (Å²) in [5.74, 6) is 1.66. The second-order valence-electron chi connectivity index (χ2n) is 5.56. The quantitative estimate of drug-likeness (QED) is 0.393. The van der Waals surface area contributed by atoms with E-state index in [-0.39, 0.29) is 24.0 Å². The van der Waals surface area contributed by atoms with Gasteiger partial charge in [0.05, 0.1) is 0 Å². The van der Waals surface area contributed by atoms with E-state index in [0.29, 0.717) is 12.6 Å². The summed E-state index contributed by atoms with van der Waals surface area (Å²) < 4.78 is 1.74. The van der Waals surface area contributed by atoms with Crippen LogP contribution in [0.4, 0.5) is 0 Å². The van der Waals surface area contributed by atoms with Gasteiger partial charge in [-0.2, -0.15) is 5.10 Å². The fourth-order valence-corrected chi connectivity index (χ4v) is 2.27. The Balaban J connectivity index is 0.00000288. The smallest absolute Gasteiger partial charge is 0.191 e. The number of benzene rings is 1. The minimum Gasteiger partial charge on any atom is -0.357 e. The van der Waals surface area contributed by atoms with Gasteiger partial charge in [0.25, 0.3) is 0 Å². The van der Waals surface area contributed by atoms with E-state index in [0.717, 1.165) is 31.2 Å². The number of hydrogen-bond donors (Lipinski definition) is 2. The van der Waals surface area contributed by atoms with Crippen molar-refractivity contribution in [2.24, 2.45) is 12.0 Å². The van der Waals surface area contributed by atoms with Gasteiger partial charge in [-0.3, -0.25) is 4.68 Å². The summed E-state index contributed by atoms with van der Waals surface area (Å²) >= 11 is 0. The molecule has 7 heteroatoms. The third-order valence-corrected chi connectivity index (χ3v) is 3.62. The molecule has 2 N–H and O–H groups in total. The van der Waals surface area contributed by atoms with Gasteiger partial charge >= 0.3 is 0 Å². The Labute approximate surface area is 161 Å². The Morgan fingerprint density at radius 3 is 2.67 bits per heavy atom. The van der Waals surface area contributed by atoms with Gasteiger partial charge < -0.3 is 10.6 Å². The highest BCUT2D eigenvalue weighted by Gasteiger charge is 2.06.